The van der Waals surface area contributed by atoms with E-state index in [4.69, 9.17) is 16.6 Å². The third-order valence-electron chi connectivity index (χ3n) is 5.57. The molecule has 2 aliphatic rings. The zero-order valence-electron chi connectivity index (χ0n) is 16.4. The molecule has 1 aromatic rings. The van der Waals surface area contributed by atoms with Crippen LogP contribution >= 0.6 is 11.6 Å². The zero-order valence-corrected chi connectivity index (χ0v) is 17.2. The summed E-state index contributed by atoms with van der Waals surface area (Å²) in [6.07, 6.45) is 4.93. The Balaban J connectivity index is 1.88. The van der Waals surface area contributed by atoms with Crippen molar-refractivity contribution in [3.63, 3.8) is 0 Å². The highest BCUT2D eigenvalue weighted by Crippen LogP contribution is 2.31. The number of carbonyl (C=O) groups is 3. The third-order valence-corrected chi connectivity index (χ3v) is 5.85. The highest BCUT2D eigenvalue weighted by Gasteiger charge is 2.29. The van der Waals surface area contributed by atoms with Crippen molar-refractivity contribution in [1.82, 2.24) is 9.88 Å². The van der Waals surface area contributed by atoms with Crippen LogP contribution in [-0.4, -0.2) is 52.3 Å². The van der Waals surface area contributed by atoms with Gasteiger partial charge >= 0.3 is 5.97 Å². The number of pyridine rings is 1. The first-order valence-corrected chi connectivity index (χ1v) is 10.4. The van der Waals surface area contributed by atoms with Gasteiger partial charge in [0.15, 0.2) is 5.78 Å². The predicted octanol–water partition coefficient (Wildman–Crippen LogP) is 3.31. The van der Waals surface area contributed by atoms with Gasteiger partial charge in [-0.3, -0.25) is 14.4 Å². The minimum absolute atomic E-state index is 0.0649. The topological polar surface area (TPSA) is 90.8 Å². The van der Waals surface area contributed by atoms with Gasteiger partial charge in [-0.25, -0.2) is 4.98 Å². The molecular formula is C21H26ClN3O4. The molecule has 156 valence electrons. The Kier molecular flexibility index (Phi) is 6.90. The van der Waals surface area contributed by atoms with E-state index in [2.05, 4.69) is 6.58 Å². The molecule has 3 rings (SSSR count). The molecule has 2 aliphatic heterocycles. The van der Waals surface area contributed by atoms with Crippen molar-refractivity contribution in [1.29, 1.82) is 0 Å². The Morgan fingerprint density at radius 2 is 2.03 bits per heavy atom. The van der Waals surface area contributed by atoms with Gasteiger partial charge in [-0.15, -0.1) is 6.58 Å². The van der Waals surface area contributed by atoms with Crippen LogP contribution in [0.2, 0.25) is 5.02 Å². The number of Topliss-reactive ketones (excluding diaryl/α,β-unsaturated/α-hetero) is 1. The number of anilines is 1. The first kappa shape index (κ1) is 21.3. The summed E-state index contributed by atoms with van der Waals surface area (Å²) in [4.78, 5) is 44.4. The summed E-state index contributed by atoms with van der Waals surface area (Å²) < 4.78 is 0. The molecule has 2 fully saturated rings. The SMILES string of the molecule is C=CCCC(=O)c1cc(Cl)c(N2CCC(C(=O)O)CC2)nc1CN1CCCC1=O. The van der Waals surface area contributed by atoms with E-state index in [9.17, 15) is 19.5 Å². The summed E-state index contributed by atoms with van der Waals surface area (Å²) >= 11 is 6.48. The molecular weight excluding hydrogens is 394 g/mol. The number of piperidine rings is 1. The van der Waals surface area contributed by atoms with Gasteiger partial charge in [0.05, 0.1) is 23.2 Å². The third kappa shape index (κ3) is 4.96. The maximum Gasteiger partial charge on any atom is 0.306 e. The number of allylic oxidation sites excluding steroid dienone is 1. The minimum Gasteiger partial charge on any atom is -0.481 e. The average molecular weight is 420 g/mol. The Labute approximate surface area is 175 Å². The summed E-state index contributed by atoms with van der Waals surface area (Å²) in [6, 6.07) is 1.65. The molecule has 2 saturated heterocycles. The van der Waals surface area contributed by atoms with Gasteiger partial charge in [0, 0.05) is 38.0 Å². The molecule has 8 heteroatoms. The Hall–Kier alpha value is -2.41. The van der Waals surface area contributed by atoms with Crippen molar-refractivity contribution in [2.45, 2.75) is 45.1 Å². The van der Waals surface area contributed by atoms with Crippen LogP contribution in [0.15, 0.2) is 18.7 Å². The molecule has 7 nitrogen and oxygen atoms in total. The molecule has 1 aromatic heterocycles. The summed E-state index contributed by atoms with van der Waals surface area (Å²) in [6.45, 7) is 5.67. The van der Waals surface area contributed by atoms with Crippen molar-refractivity contribution in [3.05, 3.63) is 35.0 Å². The summed E-state index contributed by atoms with van der Waals surface area (Å²) in [7, 11) is 0. The Morgan fingerprint density at radius 1 is 1.31 bits per heavy atom. The van der Waals surface area contributed by atoms with Crippen molar-refractivity contribution < 1.29 is 19.5 Å². The molecule has 0 radical (unpaired) electrons. The molecule has 0 aromatic carbocycles. The lowest BCUT2D eigenvalue weighted by Crippen LogP contribution is -2.37. The highest BCUT2D eigenvalue weighted by atomic mass is 35.5. The molecule has 0 unspecified atom stereocenters. The lowest BCUT2D eigenvalue weighted by molar-refractivity contribution is -0.142. The number of aliphatic carboxylic acids is 1. The molecule has 0 saturated carbocycles. The van der Waals surface area contributed by atoms with Gasteiger partial charge in [0.1, 0.15) is 5.82 Å². The molecule has 0 aliphatic carbocycles. The number of ketones is 1. The molecule has 0 bridgehead atoms. The van der Waals surface area contributed by atoms with E-state index in [0.29, 0.717) is 73.8 Å². The molecule has 0 spiro atoms. The number of carbonyl (C=O) groups excluding carboxylic acids is 2. The lowest BCUT2D eigenvalue weighted by Gasteiger charge is -2.32. The van der Waals surface area contributed by atoms with Crippen molar-refractivity contribution in [3.8, 4) is 0 Å². The van der Waals surface area contributed by atoms with Crippen LogP contribution in [0.25, 0.3) is 0 Å². The Bertz CT molecular complexity index is 818. The second-order valence-electron chi connectivity index (χ2n) is 7.56. The molecule has 3 heterocycles. The van der Waals surface area contributed by atoms with Crippen molar-refractivity contribution in [2.75, 3.05) is 24.5 Å². The van der Waals surface area contributed by atoms with Gasteiger partial charge in [-0.05, 0) is 31.7 Å². The fourth-order valence-electron chi connectivity index (χ4n) is 3.86. The second-order valence-corrected chi connectivity index (χ2v) is 7.96. The minimum atomic E-state index is -0.778. The number of nitrogens with zero attached hydrogens (tertiary/aromatic N) is 3. The van der Waals surface area contributed by atoms with Crippen LogP contribution in [0, 0.1) is 5.92 Å². The van der Waals surface area contributed by atoms with Gasteiger partial charge in [0.25, 0.3) is 0 Å². The summed E-state index contributed by atoms with van der Waals surface area (Å²) in [5, 5.41) is 9.58. The van der Waals surface area contributed by atoms with Crippen LogP contribution < -0.4 is 4.90 Å². The van der Waals surface area contributed by atoms with E-state index < -0.39 is 5.97 Å². The van der Waals surface area contributed by atoms with E-state index in [1.165, 1.54) is 0 Å². The quantitative estimate of drug-likeness (QED) is 0.513. The van der Waals surface area contributed by atoms with Crippen molar-refractivity contribution in [2.24, 2.45) is 5.92 Å². The number of amides is 1. The zero-order chi connectivity index (χ0) is 21.0. The summed E-state index contributed by atoms with van der Waals surface area (Å²) in [5.74, 6) is -0.587. The number of hydrogen-bond donors (Lipinski definition) is 1. The first-order chi connectivity index (χ1) is 13.9. The van der Waals surface area contributed by atoms with Crippen LogP contribution in [0.5, 0.6) is 0 Å². The van der Waals surface area contributed by atoms with E-state index >= 15 is 0 Å². The van der Waals surface area contributed by atoms with Crippen LogP contribution in [-0.2, 0) is 16.1 Å². The highest BCUT2D eigenvalue weighted by molar-refractivity contribution is 6.33. The maximum absolute atomic E-state index is 12.7. The molecule has 0 atom stereocenters. The maximum atomic E-state index is 12.7. The number of rotatable bonds is 8. The first-order valence-electron chi connectivity index (χ1n) is 9.99. The van der Waals surface area contributed by atoms with Gasteiger partial charge in [-0.2, -0.15) is 0 Å². The number of carboxylic acids is 1. The smallest absolute Gasteiger partial charge is 0.306 e. The number of likely N-dealkylation sites (tertiary alicyclic amines) is 1. The van der Waals surface area contributed by atoms with E-state index in [1.807, 2.05) is 4.90 Å². The fourth-order valence-corrected chi connectivity index (χ4v) is 4.13. The van der Waals surface area contributed by atoms with Gasteiger partial charge < -0.3 is 14.9 Å². The Morgan fingerprint density at radius 3 is 2.62 bits per heavy atom. The number of carboxylic acid groups (broad SMARTS) is 1. The van der Waals surface area contributed by atoms with Crippen LogP contribution in [0.1, 0.15) is 54.6 Å². The largest absolute Gasteiger partial charge is 0.481 e. The molecule has 1 N–H and O–H groups in total. The number of halogens is 1. The normalized spacial score (nSPS) is 17.6. The number of hydrogen-bond acceptors (Lipinski definition) is 5. The lowest BCUT2D eigenvalue weighted by atomic mass is 9.97. The second kappa shape index (κ2) is 9.39. The fraction of sp³-hybridized carbons (Fsp3) is 0.524. The van der Waals surface area contributed by atoms with Gasteiger partial charge in [0.2, 0.25) is 5.91 Å². The van der Waals surface area contributed by atoms with Crippen molar-refractivity contribution >= 4 is 35.1 Å². The molecule has 1 amide bonds. The predicted molar refractivity (Wildman–Crippen MR) is 110 cm³/mol. The van der Waals surface area contributed by atoms with Crippen LogP contribution in [0.4, 0.5) is 5.82 Å². The standard InChI is InChI=1S/C21H26ClN3O4/c1-2-3-5-18(26)15-12-16(22)20(24-10-7-14(8-11-24)21(28)29)23-17(15)13-25-9-4-6-19(25)27/h2,12,14H,1,3-11,13H2,(H,28,29). The van der Waals surface area contributed by atoms with E-state index in [-0.39, 0.29) is 24.2 Å². The van der Waals surface area contributed by atoms with Crippen LogP contribution in [0.3, 0.4) is 0 Å². The number of aromatic nitrogens is 1. The van der Waals surface area contributed by atoms with E-state index in [0.717, 1.165) is 6.42 Å². The van der Waals surface area contributed by atoms with E-state index in [1.54, 1.807) is 17.0 Å². The monoisotopic (exact) mass is 419 g/mol. The molecule has 29 heavy (non-hydrogen) atoms. The summed E-state index contributed by atoms with van der Waals surface area (Å²) in [5.41, 5.74) is 0.995. The van der Waals surface area contributed by atoms with Gasteiger partial charge in [-0.1, -0.05) is 17.7 Å². The average Bonchev–Trinajstić information content (AvgIpc) is 3.11.